The summed E-state index contributed by atoms with van der Waals surface area (Å²) in [6.45, 7) is 1.63. The van der Waals surface area contributed by atoms with Crippen LogP contribution in [0.15, 0.2) is 22.8 Å². The van der Waals surface area contributed by atoms with Gasteiger partial charge < -0.3 is 14.5 Å². The van der Waals surface area contributed by atoms with Crippen molar-refractivity contribution in [3.05, 3.63) is 18.4 Å². The first-order valence-corrected chi connectivity index (χ1v) is 5.93. The predicted molar refractivity (Wildman–Crippen MR) is 65.2 cm³/mol. The summed E-state index contributed by atoms with van der Waals surface area (Å²) in [5.41, 5.74) is 0. The maximum absolute atomic E-state index is 11.5. The van der Waals surface area contributed by atoms with E-state index < -0.39 is 11.9 Å². The molecule has 2 aromatic heterocycles. The van der Waals surface area contributed by atoms with E-state index in [-0.39, 0.29) is 25.5 Å². The summed E-state index contributed by atoms with van der Waals surface area (Å²) in [5.74, 6) is -0.165. The van der Waals surface area contributed by atoms with Crippen LogP contribution in [0, 0.1) is 0 Å². The Balaban J connectivity index is 1.84. The molecule has 0 aliphatic rings. The van der Waals surface area contributed by atoms with Crippen LogP contribution in [0.25, 0.3) is 11.6 Å². The number of hydrogen-bond donors (Lipinski definition) is 1. The number of furan rings is 1. The highest BCUT2D eigenvalue weighted by atomic mass is 16.5. The van der Waals surface area contributed by atoms with Crippen molar-refractivity contribution in [2.24, 2.45) is 0 Å². The molecule has 9 nitrogen and oxygen atoms in total. The zero-order valence-corrected chi connectivity index (χ0v) is 10.8. The number of carbonyl (C=O) groups is 2. The third-order valence-electron chi connectivity index (χ3n) is 2.21. The van der Waals surface area contributed by atoms with Gasteiger partial charge in [0.1, 0.15) is 13.1 Å². The van der Waals surface area contributed by atoms with Crippen LogP contribution in [-0.4, -0.2) is 45.2 Å². The van der Waals surface area contributed by atoms with Crippen molar-refractivity contribution < 1.29 is 18.7 Å². The molecule has 0 saturated carbocycles. The molecular formula is C11H13N5O4. The third-order valence-corrected chi connectivity index (χ3v) is 2.21. The maximum Gasteiger partial charge on any atom is 0.325 e. The topological polar surface area (TPSA) is 112 Å². The number of esters is 1. The number of hydrogen-bond acceptors (Lipinski definition) is 7. The lowest BCUT2D eigenvalue weighted by Gasteiger charge is -2.03. The highest BCUT2D eigenvalue weighted by Crippen LogP contribution is 2.12. The molecule has 2 heterocycles. The van der Waals surface area contributed by atoms with Crippen molar-refractivity contribution >= 4 is 11.9 Å². The highest BCUT2D eigenvalue weighted by Gasteiger charge is 2.11. The molecule has 0 atom stereocenters. The smallest absolute Gasteiger partial charge is 0.325 e. The first-order chi connectivity index (χ1) is 9.69. The van der Waals surface area contributed by atoms with Gasteiger partial charge in [0.2, 0.25) is 11.7 Å². The van der Waals surface area contributed by atoms with E-state index >= 15 is 0 Å². The molecule has 0 unspecified atom stereocenters. The summed E-state index contributed by atoms with van der Waals surface area (Å²) in [4.78, 5) is 23.7. The molecule has 2 rings (SSSR count). The van der Waals surface area contributed by atoms with Crippen molar-refractivity contribution in [2.75, 3.05) is 13.2 Å². The molecule has 106 valence electrons. The maximum atomic E-state index is 11.5. The number of carbonyl (C=O) groups excluding carboxylic acids is 2. The van der Waals surface area contributed by atoms with Crippen LogP contribution in [0.5, 0.6) is 0 Å². The second-order valence-corrected chi connectivity index (χ2v) is 3.70. The van der Waals surface area contributed by atoms with Gasteiger partial charge in [0.05, 0.1) is 12.9 Å². The van der Waals surface area contributed by atoms with Crippen molar-refractivity contribution in [3.63, 3.8) is 0 Å². The Morgan fingerprint density at radius 2 is 2.35 bits per heavy atom. The molecule has 1 amide bonds. The quantitative estimate of drug-likeness (QED) is 0.717. The molecule has 1 N–H and O–H groups in total. The number of tetrazole rings is 1. The number of nitrogens with zero attached hydrogens (tertiary/aromatic N) is 4. The average molecular weight is 279 g/mol. The Morgan fingerprint density at radius 3 is 3.05 bits per heavy atom. The van der Waals surface area contributed by atoms with Gasteiger partial charge in [-0.3, -0.25) is 9.59 Å². The van der Waals surface area contributed by atoms with Crippen LogP contribution < -0.4 is 5.32 Å². The van der Waals surface area contributed by atoms with E-state index in [1.807, 2.05) is 0 Å². The van der Waals surface area contributed by atoms with Crippen molar-refractivity contribution in [1.82, 2.24) is 25.5 Å². The minimum Gasteiger partial charge on any atom is -0.465 e. The van der Waals surface area contributed by atoms with E-state index in [9.17, 15) is 9.59 Å². The Bertz CT molecular complexity index is 577. The minimum absolute atomic E-state index is 0.146. The van der Waals surface area contributed by atoms with Gasteiger partial charge in [0.15, 0.2) is 5.76 Å². The molecule has 0 bridgehead atoms. The van der Waals surface area contributed by atoms with Gasteiger partial charge >= 0.3 is 5.97 Å². The molecule has 0 radical (unpaired) electrons. The molecular weight excluding hydrogens is 266 g/mol. The molecule has 9 heteroatoms. The number of rotatable bonds is 6. The second kappa shape index (κ2) is 6.45. The lowest BCUT2D eigenvalue weighted by molar-refractivity contribution is -0.143. The Morgan fingerprint density at radius 1 is 1.50 bits per heavy atom. The lowest BCUT2D eigenvalue weighted by atomic mass is 10.4. The fourth-order valence-corrected chi connectivity index (χ4v) is 1.38. The summed E-state index contributed by atoms with van der Waals surface area (Å²) in [7, 11) is 0. The molecule has 0 fully saturated rings. The standard InChI is InChI=1S/C11H13N5O4/c1-2-19-10(18)6-12-9(17)7-16-14-11(13-15-16)8-4-3-5-20-8/h3-5H,2,6-7H2,1H3,(H,12,17). The predicted octanol–water partition coefficient (Wildman–Crippen LogP) is -0.388. The lowest BCUT2D eigenvalue weighted by Crippen LogP contribution is -2.33. The number of aromatic nitrogens is 4. The first kappa shape index (κ1) is 13.7. The van der Waals surface area contributed by atoms with Gasteiger partial charge in [-0.2, -0.15) is 4.80 Å². The van der Waals surface area contributed by atoms with Gasteiger partial charge in [-0.15, -0.1) is 10.2 Å². The fraction of sp³-hybridized carbons (Fsp3) is 0.364. The van der Waals surface area contributed by atoms with Gasteiger partial charge in [-0.05, 0) is 24.3 Å². The fourth-order valence-electron chi connectivity index (χ4n) is 1.38. The van der Waals surface area contributed by atoms with Crippen LogP contribution in [-0.2, 0) is 20.9 Å². The summed E-state index contributed by atoms with van der Waals surface area (Å²) in [6.07, 6.45) is 1.49. The molecule has 0 aliphatic carbocycles. The van der Waals surface area contributed by atoms with Crippen LogP contribution in [0.4, 0.5) is 0 Å². The normalized spacial score (nSPS) is 10.2. The summed E-state index contributed by atoms with van der Waals surface area (Å²) >= 11 is 0. The van der Waals surface area contributed by atoms with Crippen molar-refractivity contribution in [1.29, 1.82) is 0 Å². The van der Waals surface area contributed by atoms with E-state index in [0.717, 1.165) is 4.80 Å². The van der Waals surface area contributed by atoms with Crippen LogP contribution in [0.1, 0.15) is 6.92 Å². The Labute approximate surface area is 113 Å². The van der Waals surface area contributed by atoms with E-state index in [2.05, 4.69) is 25.5 Å². The average Bonchev–Trinajstić information content (AvgIpc) is 3.07. The number of ether oxygens (including phenoxy) is 1. The van der Waals surface area contributed by atoms with E-state index in [1.54, 1.807) is 19.1 Å². The zero-order valence-electron chi connectivity index (χ0n) is 10.8. The second-order valence-electron chi connectivity index (χ2n) is 3.70. The zero-order chi connectivity index (χ0) is 14.4. The Hall–Kier alpha value is -2.71. The first-order valence-electron chi connectivity index (χ1n) is 5.93. The third kappa shape index (κ3) is 3.64. The number of nitrogens with one attached hydrogen (secondary N) is 1. The van der Waals surface area contributed by atoms with Crippen LogP contribution in [0.2, 0.25) is 0 Å². The molecule has 2 aromatic rings. The molecule has 0 saturated heterocycles. The van der Waals surface area contributed by atoms with Crippen LogP contribution >= 0.6 is 0 Å². The molecule has 0 aliphatic heterocycles. The Kier molecular flexibility index (Phi) is 4.43. The molecule has 0 spiro atoms. The largest absolute Gasteiger partial charge is 0.465 e. The summed E-state index contributed by atoms with van der Waals surface area (Å²) < 4.78 is 9.78. The monoisotopic (exact) mass is 279 g/mol. The molecule has 20 heavy (non-hydrogen) atoms. The van der Waals surface area contributed by atoms with E-state index in [4.69, 9.17) is 4.42 Å². The molecule has 0 aromatic carbocycles. The highest BCUT2D eigenvalue weighted by molar-refractivity contribution is 5.81. The van der Waals surface area contributed by atoms with Gasteiger partial charge in [0.25, 0.3) is 0 Å². The van der Waals surface area contributed by atoms with Crippen molar-refractivity contribution in [3.8, 4) is 11.6 Å². The van der Waals surface area contributed by atoms with E-state index in [1.165, 1.54) is 6.26 Å². The minimum atomic E-state index is -0.497. The summed E-state index contributed by atoms with van der Waals surface area (Å²) in [6, 6.07) is 3.38. The number of amides is 1. The van der Waals surface area contributed by atoms with Crippen LogP contribution in [0.3, 0.4) is 0 Å². The van der Waals surface area contributed by atoms with Gasteiger partial charge in [0, 0.05) is 0 Å². The summed E-state index contributed by atoms with van der Waals surface area (Å²) in [5, 5.41) is 13.8. The van der Waals surface area contributed by atoms with E-state index in [0.29, 0.717) is 5.76 Å². The van der Waals surface area contributed by atoms with Gasteiger partial charge in [-0.25, -0.2) is 0 Å². The van der Waals surface area contributed by atoms with Gasteiger partial charge in [-0.1, -0.05) is 0 Å². The SMILES string of the molecule is CCOC(=O)CNC(=O)Cn1nnc(-c2ccco2)n1. The van der Waals surface area contributed by atoms with Crippen molar-refractivity contribution in [2.45, 2.75) is 13.5 Å².